The highest BCUT2D eigenvalue weighted by Crippen LogP contribution is 2.28. The van der Waals surface area contributed by atoms with E-state index in [1.165, 1.54) is 12.8 Å². The number of nitrogens with zero attached hydrogens (tertiary/aromatic N) is 1. The van der Waals surface area contributed by atoms with Crippen molar-refractivity contribution in [2.45, 2.75) is 18.9 Å². The number of carbonyl (C=O) groups excluding carboxylic acids is 1. The molecule has 20 heavy (non-hydrogen) atoms. The van der Waals surface area contributed by atoms with E-state index < -0.39 is 6.10 Å². The van der Waals surface area contributed by atoms with Gasteiger partial charge in [-0.3, -0.25) is 4.79 Å². The fraction of sp³-hybridized carbons (Fsp3) is 0.533. The average molecular weight is 276 g/mol. The van der Waals surface area contributed by atoms with Crippen LogP contribution in [0.4, 0.5) is 11.4 Å². The second-order valence-electron chi connectivity index (χ2n) is 5.13. The number of rotatable bonds is 3. The van der Waals surface area contributed by atoms with E-state index in [1.807, 2.05) is 18.2 Å². The molecular weight excluding hydrogens is 256 g/mol. The summed E-state index contributed by atoms with van der Waals surface area (Å²) in [5.41, 5.74) is 1.95. The Bertz CT molecular complexity index is 466. The van der Waals surface area contributed by atoms with Crippen LogP contribution in [0.25, 0.3) is 0 Å². The molecule has 1 aromatic carbocycles. The van der Waals surface area contributed by atoms with Crippen molar-refractivity contribution < 1.29 is 14.3 Å². The zero-order valence-corrected chi connectivity index (χ0v) is 11.5. The Morgan fingerprint density at radius 2 is 2.00 bits per heavy atom. The summed E-state index contributed by atoms with van der Waals surface area (Å²) in [7, 11) is 0. The third-order valence-corrected chi connectivity index (χ3v) is 3.72. The second kappa shape index (κ2) is 6.24. The van der Waals surface area contributed by atoms with E-state index in [0.717, 1.165) is 24.5 Å². The van der Waals surface area contributed by atoms with Crippen LogP contribution in [0.2, 0.25) is 0 Å². The van der Waals surface area contributed by atoms with Gasteiger partial charge in [0.05, 0.1) is 31.2 Å². The molecule has 0 saturated carbocycles. The number of anilines is 2. The molecule has 2 aliphatic heterocycles. The molecule has 1 N–H and O–H groups in total. The van der Waals surface area contributed by atoms with Crippen LogP contribution in [0.5, 0.6) is 0 Å². The van der Waals surface area contributed by atoms with Crippen LogP contribution in [0.3, 0.4) is 0 Å². The van der Waals surface area contributed by atoms with Crippen molar-refractivity contribution in [2.24, 2.45) is 0 Å². The lowest BCUT2D eigenvalue weighted by Gasteiger charge is -2.25. The molecule has 0 spiro atoms. The zero-order chi connectivity index (χ0) is 13.8. The van der Waals surface area contributed by atoms with Crippen molar-refractivity contribution in [3.8, 4) is 0 Å². The summed E-state index contributed by atoms with van der Waals surface area (Å²) in [4.78, 5) is 14.5. The molecule has 5 heteroatoms. The van der Waals surface area contributed by atoms with Crippen LogP contribution in [0, 0.1) is 0 Å². The van der Waals surface area contributed by atoms with Crippen molar-refractivity contribution in [1.82, 2.24) is 0 Å². The van der Waals surface area contributed by atoms with Gasteiger partial charge < -0.3 is 19.7 Å². The molecular formula is C15H20N2O3. The molecule has 0 bridgehead atoms. The molecule has 1 atom stereocenters. The standard InChI is InChI=1S/C15H20N2O3/c18-15(14-11-19-9-10-20-14)16-12-5-1-2-6-13(12)17-7-3-4-8-17/h1-2,5-6,14H,3-4,7-11H2,(H,16,18)/t14-/m1/s1. The molecule has 0 unspecified atom stereocenters. The van der Waals surface area contributed by atoms with Gasteiger partial charge in [0.25, 0.3) is 5.91 Å². The molecule has 3 rings (SSSR count). The average Bonchev–Trinajstić information content (AvgIpc) is 3.03. The normalized spacial score (nSPS) is 22.8. The highest BCUT2D eigenvalue weighted by atomic mass is 16.6. The molecule has 2 heterocycles. The summed E-state index contributed by atoms with van der Waals surface area (Å²) in [6, 6.07) is 7.94. The quantitative estimate of drug-likeness (QED) is 0.912. The smallest absolute Gasteiger partial charge is 0.255 e. The summed E-state index contributed by atoms with van der Waals surface area (Å²) in [6.07, 6.45) is 1.92. The van der Waals surface area contributed by atoms with Crippen LogP contribution < -0.4 is 10.2 Å². The van der Waals surface area contributed by atoms with Gasteiger partial charge in [-0.2, -0.15) is 0 Å². The maximum absolute atomic E-state index is 12.2. The predicted octanol–water partition coefficient (Wildman–Crippen LogP) is 1.64. The van der Waals surface area contributed by atoms with E-state index in [9.17, 15) is 4.79 Å². The number of carbonyl (C=O) groups is 1. The second-order valence-corrected chi connectivity index (χ2v) is 5.13. The minimum absolute atomic E-state index is 0.128. The molecule has 108 valence electrons. The largest absolute Gasteiger partial charge is 0.376 e. The van der Waals surface area contributed by atoms with Crippen molar-refractivity contribution >= 4 is 17.3 Å². The maximum atomic E-state index is 12.2. The number of hydrogen-bond acceptors (Lipinski definition) is 4. The molecule has 5 nitrogen and oxygen atoms in total. The topological polar surface area (TPSA) is 50.8 Å². The minimum atomic E-state index is -0.504. The molecule has 2 fully saturated rings. The Morgan fingerprint density at radius 3 is 2.75 bits per heavy atom. The summed E-state index contributed by atoms with van der Waals surface area (Å²) < 4.78 is 10.7. The maximum Gasteiger partial charge on any atom is 0.255 e. The van der Waals surface area contributed by atoms with E-state index in [1.54, 1.807) is 0 Å². The fourth-order valence-corrected chi connectivity index (χ4v) is 2.67. The third-order valence-electron chi connectivity index (χ3n) is 3.72. The SMILES string of the molecule is O=C(Nc1ccccc1N1CCCC1)[C@H]1COCCO1. The Hall–Kier alpha value is -1.59. The summed E-state index contributed by atoms with van der Waals surface area (Å²) >= 11 is 0. The molecule has 1 aromatic rings. The van der Waals surface area contributed by atoms with Crippen LogP contribution >= 0.6 is 0 Å². The highest BCUT2D eigenvalue weighted by Gasteiger charge is 2.24. The van der Waals surface area contributed by atoms with E-state index >= 15 is 0 Å². The first-order chi connectivity index (χ1) is 9.84. The number of hydrogen-bond donors (Lipinski definition) is 1. The van der Waals surface area contributed by atoms with Crippen LogP contribution in [-0.4, -0.2) is 44.9 Å². The van der Waals surface area contributed by atoms with E-state index in [-0.39, 0.29) is 5.91 Å². The van der Waals surface area contributed by atoms with Gasteiger partial charge in [-0.15, -0.1) is 0 Å². The first-order valence-electron chi connectivity index (χ1n) is 7.19. The number of nitrogens with one attached hydrogen (secondary N) is 1. The third kappa shape index (κ3) is 2.94. The molecule has 0 radical (unpaired) electrons. The van der Waals surface area contributed by atoms with Crippen molar-refractivity contribution in [3.05, 3.63) is 24.3 Å². The van der Waals surface area contributed by atoms with Crippen molar-refractivity contribution in [2.75, 3.05) is 43.1 Å². The van der Waals surface area contributed by atoms with Gasteiger partial charge >= 0.3 is 0 Å². The van der Waals surface area contributed by atoms with Gasteiger partial charge in [-0.1, -0.05) is 12.1 Å². The predicted molar refractivity (Wildman–Crippen MR) is 77.1 cm³/mol. The van der Waals surface area contributed by atoms with Crippen molar-refractivity contribution in [3.63, 3.8) is 0 Å². The number of benzene rings is 1. The molecule has 1 amide bonds. The van der Waals surface area contributed by atoms with Gasteiger partial charge in [-0.05, 0) is 25.0 Å². The fourth-order valence-electron chi connectivity index (χ4n) is 2.67. The monoisotopic (exact) mass is 276 g/mol. The molecule has 2 saturated heterocycles. The van der Waals surface area contributed by atoms with E-state index in [2.05, 4.69) is 16.3 Å². The van der Waals surface area contributed by atoms with Gasteiger partial charge in [0, 0.05) is 13.1 Å². The van der Waals surface area contributed by atoms with E-state index in [4.69, 9.17) is 9.47 Å². The van der Waals surface area contributed by atoms with E-state index in [0.29, 0.717) is 19.8 Å². The molecule has 2 aliphatic rings. The minimum Gasteiger partial charge on any atom is -0.376 e. The van der Waals surface area contributed by atoms with Gasteiger partial charge in [-0.25, -0.2) is 0 Å². The Morgan fingerprint density at radius 1 is 1.20 bits per heavy atom. The summed E-state index contributed by atoms with van der Waals surface area (Å²) in [6.45, 7) is 3.48. The van der Waals surface area contributed by atoms with Gasteiger partial charge in [0.15, 0.2) is 6.10 Å². The Kier molecular flexibility index (Phi) is 4.18. The number of para-hydroxylation sites is 2. The van der Waals surface area contributed by atoms with Gasteiger partial charge in [0.2, 0.25) is 0 Å². The Labute approximate surface area is 118 Å². The zero-order valence-electron chi connectivity index (χ0n) is 11.5. The Balaban J connectivity index is 1.71. The van der Waals surface area contributed by atoms with Crippen LogP contribution in [0.1, 0.15) is 12.8 Å². The number of amides is 1. The lowest BCUT2D eigenvalue weighted by atomic mass is 10.2. The summed E-state index contributed by atoms with van der Waals surface area (Å²) in [5.74, 6) is -0.128. The lowest BCUT2D eigenvalue weighted by Crippen LogP contribution is -2.39. The lowest BCUT2D eigenvalue weighted by molar-refractivity contribution is -0.142. The van der Waals surface area contributed by atoms with Gasteiger partial charge in [0.1, 0.15) is 0 Å². The molecule has 0 aromatic heterocycles. The number of ether oxygens (including phenoxy) is 2. The first-order valence-corrected chi connectivity index (χ1v) is 7.19. The molecule has 0 aliphatic carbocycles. The highest BCUT2D eigenvalue weighted by molar-refractivity contribution is 5.97. The van der Waals surface area contributed by atoms with Crippen molar-refractivity contribution in [1.29, 1.82) is 0 Å². The first kappa shape index (κ1) is 13.4. The van der Waals surface area contributed by atoms with Crippen LogP contribution in [-0.2, 0) is 14.3 Å². The van der Waals surface area contributed by atoms with Crippen LogP contribution in [0.15, 0.2) is 24.3 Å². The summed E-state index contributed by atoms with van der Waals surface area (Å²) in [5, 5.41) is 2.97.